The van der Waals surface area contributed by atoms with Crippen molar-refractivity contribution in [3.63, 3.8) is 0 Å². The normalized spacial score (nSPS) is 14.7. The molecule has 7 heteroatoms. The van der Waals surface area contributed by atoms with E-state index in [9.17, 15) is 0 Å². The molecule has 3 aromatic heterocycles. The molecule has 3 aromatic rings. The monoisotopic (exact) mass is 274 g/mol. The predicted octanol–water partition coefficient (Wildman–Crippen LogP) is 1.70. The maximum Gasteiger partial charge on any atom is 0.234 e. The standard InChI is InChI=1S/C12H14N6S/c1-7(8(2)13)11-17-18-10(15-16-12(18)19-11)9-4-3-5-14-6-9/h3-8H,13H2,1-2H3. The summed E-state index contributed by atoms with van der Waals surface area (Å²) < 4.78 is 1.76. The quantitative estimate of drug-likeness (QED) is 0.786. The van der Waals surface area contributed by atoms with Crippen LogP contribution >= 0.6 is 11.3 Å². The molecule has 3 heterocycles. The topological polar surface area (TPSA) is 82.0 Å². The van der Waals surface area contributed by atoms with Gasteiger partial charge in [0.05, 0.1) is 0 Å². The van der Waals surface area contributed by atoms with Crippen molar-refractivity contribution in [2.24, 2.45) is 5.73 Å². The van der Waals surface area contributed by atoms with Gasteiger partial charge in [0, 0.05) is 29.9 Å². The van der Waals surface area contributed by atoms with Crippen LogP contribution in [0.1, 0.15) is 24.8 Å². The minimum Gasteiger partial charge on any atom is -0.327 e. The molecule has 0 amide bonds. The number of fused-ring (bicyclic) bond motifs is 1. The largest absolute Gasteiger partial charge is 0.327 e. The van der Waals surface area contributed by atoms with Gasteiger partial charge in [-0.3, -0.25) is 4.98 Å². The summed E-state index contributed by atoms with van der Waals surface area (Å²) in [5.41, 5.74) is 6.82. The van der Waals surface area contributed by atoms with Gasteiger partial charge in [-0.2, -0.15) is 9.61 Å². The van der Waals surface area contributed by atoms with Gasteiger partial charge in [0.15, 0.2) is 5.82 Å². The van der Waals surface area contributed by atoms with E-state index < -0.39 is 0 Å². The van der Waals surface area contributed by atoms with Gasteiger partial charge in [0.1, 0.15) is 5.01 Å². The highest BCUT2D eigenvalue weighted by atomic mass is 32.1. The Labute approximate surface area is 114 Å². The van der Waals surface area contributed by atoms with E-state index in [1.54, 1.807) is 16.9 Å². The summed E-state index contributed by atoms with van der Waals surface area (Å²) in [6.07, 6.45) is 3.48. The number of rotatable bonds is 3. The third kappa shape index (κ3) is 2.11. The molecule has 2 atom stereocenters. The van der Waals surface area contributed by atoms with E-state index in [0.29, 0.717) is 5.82 Å². The Morgan fingerprint density at radius 3 is 2.84 bits per heavy atom. The van der Waals surface area contributed by atoms with E-state index in [1.165, 1.54) is 11.3 Å². The van der Waals surface area contributed by atoms with Crippen LogP contribution in [0.25, 0.3) is 16.3 Å². The number of nitrogens with two attached hydrogens (primary N) is 1. The lowest BCUT2D eigenvalue weighted by atomic mass is 10.1. The molecule has 0 radical (unpaired) electrons. The first-order valence-electron chi connectivity index (χ1n) is 6.05. The molecule has 0 spiro atoms. The van der Waals surface area contributed by atoms with Gasteiger partial charge in [0.25, 0.3) is 0 Å². The first-order valence-corrected chi connectivity index (χ1v) is 6.86. The third-order valence-corrected chi connectivity index (χ3v) is 4.20. The Morgan fingerprint density at radius 2 is 2.16 bits per heavy atom. The fraction of sp³-hybridized carbons (Fsp3) is 0.333. The number of aromatic nitrogens is 5. The Kier molecular flexibility index (Phi) is 3.00. The Balaban J connectivity index is 2.08. The average Bonchev–Trinajstić information content (AvgIpc) is 2.98. The second-order valence-corrected chi connectivity index (χ2v) is 5.54. The molecule has 0 aromatic carbocycles. The van der Waals surface area contributed by atoms with E-state index in [2.05, 4.69) is 27.2 Å². The molecule has 0 saturated carbocycles. The lowest BCUT2D eigenvalue weighted by molar-refractivity contribution is 0.601. The highest BCUT2D eigenvalue weighted by molar-refractivity contribution is 7.16. The summed E-state index contributed by atoms with van der Waals surface area (Å²) in [6.45, 7) is 4.05. The van der Waals surface area contributed by atoms with E-state index >= 15 is 0 Å². The fourth-order valence-corrected chi connectivity index (χ4v) is 2.72. The first kappa shape index (κ1) is 12.2. The highest BCUT2D eigenvalue weighted by Crippen LogP contribution is 2.26. The van der Waals surface area contributed by atoms with Crippen LogP contribution in [0.2, 0.25) is 0 Å². The second kappa shape index (κ2) is 4.67. The first-order chi connectivity index (χ1) is 9.16. The minimum absolute atomic E-state index is 0.0608. The van der Waals surface area contributed by atoms with Crippen LogP contribution < -0.4 is 5.73 Å². The van der Waals surface area contributed by atoms with Crippen molar-refractivity contribution in [2.75, 3.05) is 0 Å². The number of hydrogen-bond acceptors (Lipinski definition) is 6. The molecule has 0 aliphatic heterocycles. The number of hydrogen-bond donors (Lipinski definition) is 1. The zero-order valence-electron chi connectivity index (χ0n) is 10.7. The highest BCUT2D eigenvalue weighted by Gasteiger charge is 2.19. The molecule has 0 fully saturated rings. The lowest BCUT2D eigenvalue weighted by Gasteiger charge is -2.10. The average molecular weight is 274 g/mol. The van der Waals surface area contributed by atoms with Gasteiger partial charge in [0.2, 0.25) is 4.96 Å². The van der Waals surface area contributed by atoms with E-state index in [0.717, 1.165) is 15.5 Å². The summed E-state index contributed by atoms with van der Waals surface area (Å²) in [5, 5.41) is 13.9. The van der Waals surface area contributed by atoms with Crippen LogP contribution in [0.3, 0.4) is 0 Å². The van der Waals surface area contributed by atoms with Crippen LogP contribution in [-0.4, -0.2) is 30.8 Å². The molecule has 2 N–H and O–H groups in total. The van der Waals surface area contributed by atoms with Crippen LogP contribution in [0, 0.1) is 0 Å². The molecular formula is C12H14N6S. The van der Waals surface area contributed by atoms with Crippen molar-refractivity contribution >= 4 is 16.3 Å². The summed E-state index contributed by atoms with van der Waals surface area (Å²) >= 11 is 1.53. The van der Waals surface area contributed by atoms with Crippen LogP contribution in [0.15, 0.2) is 24.5 Å². The van der Waals surface area contributed by atoms with Crippen molar-refractivity contribution in [1.82, 2.24) is 24.8 Å². The summed E-state index contributed by atoms with van der Waals surface area (Å²) in [4.78, 5) is 4.87. The van der Waals surface area contributed by atoms with Gasteiger partial charge >= 0.3 is 0 Å². The molecule has 6 nitrogen and oxygen atoms in total. The summed E-state index contributed by atoms with van der Waals surface area (Å²) in [5.74, 6) is 0.913. The van der Waals surface area contributed by atoms with Gasteiger partial charge in [-0.05, 0) is 19.1 Å². The smallest absolute Gasteiger partial charge is 0.234 e. The van der Waals surface area contributed by atoms with Crippen LogP contribution in [-0.2, 0) is 0 Å². The molecule has 0 bridgehead atoms. The van der Waals surface area contributed by atoms with Crippen molar-refractivity contribution in [2.45, 2.75) is 25.8 Å². The van der Waals surface area contributed by atoms with Gasteiger partial charge in [-0.1, -0.05) is 18.3 Å². The van der Waals surface area contributed by atoms with E-state index in [1.807, 2.05) is 19.1 Å². The Morgan fingerprint density at radius 1 is 1.32 bits per heavy atom. The molecule has 0 saturated heterocycles. The molecule has 0 aliphatic carbocycles. The fourth-order valence-electron chi connectivity index (χ4n) is 1.72. The number of nitrogens with zero attached hydrogens (tertiary/aromatic N) is 5. The second-order valence-electron chi connectivity index (χ2n) is 4.55. The maximum absolute atomic E-state index is 5.92. The Bertz CT molecular complexity index is 687. The van der Waals surface area contributed by atoms with Crippen molar-refractivity contribution in [1.29, 1.82) is 0 Å². The molecule has 2 unspecified atom stereocenters. The predicted molar refractivity (Wildman–Crippen MR) is 74.0 cm³/mol. The molecular weight excluding hydrogens is 260 g/mol. The van der Waals surface area contributed by atoms with Gasteiger partial charge < -0.3 is 5.73 Å². The minimum atomic E-state index is 0.0608. The SMILES string of the molecule is CC(N)C(C)c1nn2c(-c3cccnc3)nnc2s1. The van der Waals surface area contributed by atoms with Crippen molar-refractivity contribution < 1.29 is 0 Å². The zero-order valence-corrected chi connectivity index (χ0v) is 11.5. The zero-order chi connectivity index (χ0) is 13.4. The molecule has 19 heavy (non-hydrogen) atoms. The summed E-state index contributed by atoms with van der Waals surface area (Å²) in [7, 11) is 0. The van der Waals surface area contributed by atoms with E-state index in [4.69, 9.17) is 5.73 Å². The molecule has 3 rings (SSSR count). The molecule has 0 aliphatic rings. The van der Waals surface area contributed by atoms with Crippen LogP contribution in [0.5, 0.6) is 0 Å². The van der Waals surface area contributed by atoms with Crippen molar-refractivity contribution in [3.05, 3.63) is 29.5 Å². The Hall–Kier alpha value is -1.86. The summed E-state index contributed by atoms with van der Waals surface area (Å²) in [6, 6.07) is 3.87. The van der Waals surface area contributed by atoms with Gasteiger partial charge in [-0.15, -0.1) is 10.2 Å². The van der Waals surface area contributed by atoms with Crippen LogP contribution in [0.4, 0.5) is 0 Å². The molecule has 98 valence electrons. The van der Waals surface area contributed by atoms with E-state index in [-0.39, 0.29) is 12.0 Å². The third-order valence-electron chi connectivity index (χ3n) is 3.10. The maximum atomic E-state index is 5.92. The van der Waals surface area contributed by atoms with Crippen molar-refractivity contribution in [3.8, 4) is 11.4 Å². The lowest BCUT2D eigenvalue weighted by Crippen LogP contribution is -2.22. The van der Waals surface area contributed by atoms with Gasteiger partial charge in [-0.25, -0.2) is 0 Å². The number of pyridine rings is 1.